The smallest absolute Gasteiger partial charge is 0.270 e. The number of hydrogen-bond acceptors (Lipinski definition) is 6. The van der Waals surface area contributed by atoms with Crippen LogP contribution in [0.2, 0.25) is 5.02 Å². The number of thiophene rings is 1. The van der Waals surface area contributed by atoms with Gasteiger partial charge in [-0.2, -0.15) is 0 Å². The molecule has 0 aliphatic rings. The van der Waals surface area contributed by atoms with Crippen LogP contribution in [0.5, 0.6) is 5.75 Å². The first kappa shape index (κ1) is 21.5. The monoisotopic (exact) mass is 501 g/mol. The second kappa shape index (κ2) is 9.54. The molecule has 0 saturated carbocycles. The third kappa shape index (κ3) is 4.52. The highest BCUT2D eigenvalue weighted by molar-refractivity contribution is 9.11. The number of ether oxygens (including phenoxy) is 1. The van der Waals surface area contributed by atoms with Crippen molar-refractivity contribution in [1.29, 1.82) is 0 Å². The Bertz CT molecular complexity index is 971. The molecule has 5 nitrogen and oxygen atoms in total. The van der Waals surface area contributed by atoms with Crippen LogP contribution in [0.25, 0.3) is 10.2 Å². The van der Waals surface area contributed by atoms with E-state index in [1.807, 2.05) is 12.1 Å². The Morgan fingerprint density at radius 1 is 1.18 bits per heavy atom. The Morgan fingerprint density at radius 3 is 2.54 bits per heavy atom. The number of hydrogen-bond donors (Lipinski definition) is 0. The number of carbonyl (C=O) groups is 1. The molecule has 3 rings (SSSR count). The van der Waals surface area contributed by atoms with Gasteiger partial charge in [0.2, 0.25) is 0 Å². The molecule has 0 radical (unpaired) electrons. The minimum absolute atomic E-state index is 0.0583. The van der Waals surface area contributed by atoms with Gasteiger partial charge in [0.05, 0.1) is 25.5 Å². The van der Waals surface area contributed by atoms with E-state index in [9.17, 15) is 4.79 Å². The predicted octanol–water partition coefficient (Wildman–Crippen LogP) is 5.77. The van der Waals surface area contributed by atoms with Gasteiger partial charge in [0.1, 0.15) is 11.3 Å². The van der Waals surface area contributed by atoms with Crippen LogP contribution in [0.3, 0.4) is 0 Å². The summed E-state index contributed by atoms with van der Waals surface area (Å²) in [5.41, 5.74) is 0.683. The summed E-state index contributed by atoms with van der Waals surface area (Å²) in [5, 5.41) is 1.23. The van der Waals surface area contributed by atoms with E-state index in [2.05, 4.69) is 34.7 Å². The number of likely N-dealkylation sites (N-methyl/N-ethyl adjacent to an activating group) is 1. The third-order valence-corrected chi connectivity index (χ3v) is 7.61. The summed E-state index contributed by atoms with van der Waals surface area (Å²) in [5.74, 6) is 0.592. The number of methoxy groups -OCH3 is 1. The number of nitrogens with zero attached hydrogens (tertiary/aromatic N) is 3. The molecule has 0 aliphatic carbocycles. The lowest BCUT2D eigenvalue weighted by Crippen LogP contribution is -2.38. The molecule has 0 bridgehead atoms. The number of benzene rings is 1. The van der Waals surface area contributed by atoms with E-state index in [0.717, 1.165) is 28.1 Å². The van der Waals surface area contributed by atoms with Gasteiger partial charge in [0, 0.05) is 13.1 Å². The molecule has 1 aromatic carbocycles. The molecule has 0 unspecified atom stereocenters. The van der Waals surface area contributed by atoms with Crippen LogP contribution in [-0.4, -0.2) is 49.1 Å². The molecule has 0 fully saturated rings. The molecule has 150 valence electrons. The zero-order chi connectivity index (χ0) is 20.3. The summed E-state index contributed by atoms with van der Waals surface area (Å²) < 4.78 is 7.17. The summed E-state index contributed by atoms with van der Waals surface area (Å²) >= 11 is 12.6. The fraction of sp³-hybridized carbons (Fsp3) is 0.368. The third-order valence-electron chi connectivity index (χ3n) is 4.46. The SMILES string of the molecule is CCN(CC)CCN(C(=O)c1ccc(Br)s1)c1nc2c(OC)ccc(Cl)c2s1. The lowest BCUT2D eigenvalue weighted by Gasteiger charge is -2.24. The van der Waals surface area contributed by atoms with Crippen LogP contribution in [0, 0.1) is 0 Å². The molecule has 1 amide bonds. The predicted molar refractivity (Wildman–Crippen MR) is 123 cm³/mol. The maximum atomic E-state index is 13.3. The molecule has 2 aromatic heterocycles. The van der Waals surface area contributed by atoms with Crippen LogP contribution in [0.4, 0.5) is 5.13 Å². The van der Waals surface area contributed by atoms with Gasteiger partial charge in [-0.05, 0) is 53.3 Å². The van der Waals surface area contributed by atoms with Crippen LogP contribution in [-0.2, 0) is 0 Å². The fourth-order valence-corrected chi connectivity index (χ4v) is 5.46. The number of halogens is 2. The molecule has 0 atom stereocenters. The van der Waals surface area contributed by atoms with Gasteiger partial charge in [0.25, 0.3) is 5.91 Å². The van der Waals surface area contributed by atoms with Crippen molar-refractivity contribution in [1.82, 2.24) is 9.88 Å². The Hall–Kier alpha value is -1.19. The van der Waals surface area contributed by atoms with Gasteiger partial charge in [-0.3, -0.25) is 9.69 Å². The average Bonchev–Trinajstić information content (AvgIpc) is 3.32. The number of rotatable bonds is 8. The van der Waals surface area contributed by atoms with Crippen molar-refractivity contribution in [2.75, 3.05) is 38.2 Å². The lowest BCUT2D eigenvalue weighted by atomic mass is 10.3. The second-order valence-electron chi connectivity index (χ2n) is 6.01. The highest BCUT2D eigenvalue weighted by Gasteiger charge is 2.24. The van der Waals surface area contributed by atoms with E-state index in [1.54, 1.807) is 24.1 Å². The minimum Gasteiger partial charge on any atom is -0.494 e. The van der Waals surface area contributed by atoms with Crippen molar-refractivity contribution in [3.8, 4) is 5.75 Å². The lowest BCUT2D eigenvalue weighted by molar-refractivity contribution is 0.0987. The maximum absolute atomic E-state index is 13.3. The topological polar surface area (TPSA) is 45.7 Å². The van der Waals surface area contributed by atoms with Crippen LogP contribution in [0.15, 0.2) is 28.1 Å². The molecule has 9 heteroatoms. The summed E-state index contributed by atoms with van der Waals surface area (Å²) in [6, 6.07) is 7.32. The van der Waals surface area contributed by atoms with Gasteiger partial charge in [-0.15, -0.1) is 11.3 Å². The number of fused-ring (bicyclic) bond motifs is 1. The van der Waals surface area contributed by atoms with E-state index in [1.165, 1.54) is 22.7 Å². The normalized spacial score (nSPS) is 11.4. The molecule has 0 saturated heterocycles. The van der Waals surface area contributed by atoms with Crippen LogP contribution >= 0.6 is 50.2 Å². The van der Waals surface area contributed by atoms with Crippen molar-refractivity contribution in [2.24, 2.45) is 0 Å². The summed E-state index contributed by atoms with van der Waals surface area (Å²) in [7, 11) is 1.61. The van der Waals surface area contributed by atoms with Crippen molar-refractivity contribution in [3.05, 3.63) is 38.0 Å². The average molecular weight is 503 g/mol. The zero-order valence-corrected chi connectivity index (χ0v) is 19.8. The van der Waals surface area contributed by atoms with Crippen LogP contribution < -0.4 is 9.64 Å². The van der Waals surface area contributed by atoms with Crippen LogP contribution in [0.1, 0.15) is 23.5 Å². The summed E-state index contributed by atoms with van der Waals surface area (Å²) in [6.45, 7) is 7.43. The zero-order valence-electron chi connectivity index (χ0n) is 15.9. The molecule has 2 heterocycles. The number of carbonyl (C=O) groups excluding carboxylic acids is 1. The Labute approximate surface area is 186 Å². The van der Waals surface area contributed by atoms with E-state index >= 15 is 0 Å². The number of aromatic nitrogens is 1. The molecular formula is C19H21BrClN3O2S2. The first-order valence-corrected chi connectivity index (χ1v) is 11.7. The Balaban J connectivity index is 2.01. The van der Waals surface area contributed by atoms with Gasteiger partial charge < -0.3 is 9.64 Å². The Kier molecular flexibility index (Phi) is 7.33. The second-order valence-corrected chi connectivity index (χ2v) is 9.86. The largest absolute Gasteiger partial charge is 0.494 e. The van der Waals surface area contributed by atoms with Gasteiger partial charge in [-0.25, -0.2) is 4.98 Å². The number of thiazole rings is 1. The number of amides is 1. The van der Waals surface area contributed by atoms with E-state index in [0.29, 0.717) is 32.8 Å². The molecule has 28 heavy (non-hydrogen) atoms. The Morgan fingerprint density at radius 2 is 1.93 bits per heavy atom. The fourth-order valence-electron chi connectivity index (χ4n) is 2.85. The van der Waals surface area contributed by atoms with E-state index in [4.69, 9.17) is 21.3 Å². The van der Waals surface area contributed by atoms with Crippen molar-refractivity contribution < 1.29 is 9.53 Å². The summed E-state index contributed by atoms with van der Waals surface area (Å²) in [6.07, 6.45) is 0. The van der Waals surface area contributed by atoms with Crippen molar-refractivity contribution >= 4 is 71.5 Å². The molecule has 3 aromatic rings. The maximum Gasteiger partial charge on any atom is 0.270 e. The summed E-state index contributed by atoms with van der Waals surface area (Å²) in [4.78, 5) is 22.7. The van der Waals surface area contributed by atoms with Gasteiger partial charge >= 0.3 is 0 Å². The first-order valence-electron chi connectivity index (χ1n) is 8.91. The molecular weight excluding hydrogens is 482 g/mol. The van der Waals surface area contributed by atoms with Gasteiger partial charge in [0.15, 0.2) is 5.13 Å². The number of anilines is 1. The highest BCUT2D eigenvalue weighted by Crippen LogP contribution is 2.39. The van der Waals surface area contributed by atoms with E-state index in [-0.39, 0.29) is 5.91 Å². The highest BCUT2D eigenvalue weighted by atomic mass is 79.9. The molecule has 0 spiro atoms. The first-order chi connectivity index (χ1) is 13.5. The van der Waals surface area contributed by atoms with Gasteiger partial charge in [-0.1, -0.05) is 36.8 Å². The standard InChI is InChI=1S/C19H21BrClN3O2S2/c1-4-23(5-2)10-11-24(18(25)14-8-9-15(20)27-14)19-22-16-13(26-3)7-6-12(21)17(16)28-19/h6-9H,4-5,10-11H2,1-3H3. The van der Waals surface area contributed by atoms with E-state index < -0.39 is 0 Å². The molecule has 0 aliphatic heterocycles. The minimum atomic E-state index is -0.0583. The molecule has 0 N–H and O–H groups in total. The quantitative estimate of drug-likeness (QED) is 0.392. The van der Waals surface area contributed by atoms with Crippen molar-refractivity contribution in [3.63, 3.8) is 0 Å². The van der Waals surface area contributed by atoms with Crippen molar-refractivity contribution in [2.45, 2.75) is 13.8 Å².